The van der Waals surface area contributed by atoms with Crippen LogP contribution in [-0.4, -0.2) is 46.4 Å². The zero-order valence-electron chi connectivity index (χ0n) is 16.4. The number of hydrogen-bond donors (Lipinski definition) is 2. The minimum Gasteiger partial charge on any atom is -0.504 e. The molecule has 0 radical (unpaired) electrons. The Morgan fingerprint density at radius 3 is 2.67 bits per heavy atom. The average Bonchev–Trinajstić information content (AvgIpc) is 2.98. The molecule has 2 aromatic carbocycles. The van der Waals surface area contributed by atoms with Crippen molar-refractivity contribution in [3.05, 3.63) is 52.9 Å². The first-order valence-corrected chi connectivity index (χ1v) is 10.3. The second-order valence-electron chi connectivity index (χ2n) is 6.20. The zero-order valence-corrected chi connectivity index (χ0v) is 18.0. The van der Waals surface area contributed by atoms with E-state index in [1.165, 1.54) is 11.0 Å². The van der Waals surface area contributed by atoms with E-state index in [2.05, 4.69) is 5.32 Å². The van der Waals surface area contributed by atoms with E-state index in [-0.39, 0.29) is 24.1 Å². The van der Waals surface area contributed by atoms with Crippen LogP contribution in [0, 0.1) is 0 Å². The molecular weight excluding hydrogens is 424 g/mol. The maximum absolute atomic E-state index is 12.7. The number of aromatic hydroxyl groups is 1. The van der Waals surface area contributed by atoms with Crippen LogP contribution in [0.5, 0.6) is 17.2 Å². The molecule has 2 N–H and O–H groups in total. The van der Waals surface area contributed by atoms with Gasteiger partial charge in [-0.15, -0.1) is 0 Å². The largest absolute Gasteiger partial charge is 0.504 e. The van der Waals surface area contributed by atoms with Crippen LogP contribution in [0.25, 0.3) is 6.08 Å². The number of phenols is 1. The Labute approximate surface area is 183 Å². The second kappa shape index (κ2) is 9.64. The first-order chi connectivity index (χ1) is 14.4. The highest BCUT2D eigenvalue weighted by Gasteiger charge is 2.33. The summed E-state index contributed by atoms with van der Waals surface area (Å²) in [5.74, 6) is 0.330. The summed E-state index contributed by atoms with van der Waals surface area (Å²) in [6.07, 6.45) is 1.66. The molecule has 9 heteroatoms. The van der Waals surface area contributed by atoms with E-state index in [1.807, 2.05) is 6.92 Å². The molecule has 1 heterocycles. The molecule has 156 valence electrons. The van der Waals surface area contributed by atoms with Crippen LogP contribution in [0.3, 0.4) is 0 Å². The van der Waals surface area contributed by atoms with Crippen molar-refractivity contribution in [3.8, 4) is 17.2 Å². The number of benzene rings is 2. The van der Waals surface area contributed by atoms with Crippen molar-refractivity contribution in [1.82, 2.24) is 4.90 Å². The highest BCUT2D eigenvalue weighted by molar-refractivity contribution is 8.26. The molecule has 1 aliphatic heterocycles. The van der Waals surface area contributed by atoms with Gasteiger partial charge in [-0.25, -0.2) is 0 Å². The van der Waals surface area contributed by atoms with Crippen molar-refractivity contribution in [2.45, 2.75) is 6.92 Å². The van der Waals surface area contributed by atoms with Crippen molar-refractivity contribution in [2.75, 3.05) is 25.6 Å². The third kappa shape index (κ3) is 5.11. The van der Waals surface area contributed by atoms with Crippen molar-refractivity contribution in [1.29, 1.82) is 0 Å². The van der Waals surface area contributed by atoms with Gasteiger partial charge in [0.25, 0.3) is 5.91 Å². The molecule has 2 aromatic rings. The number of hydrogen-bond acceptors (Lipinski definition) is 7. The van der Waals surface area contributed by atoms with Crippen molar-refractivity contribution in [2.24, 2.45) is 0 Å². The number of nitrogens with zero attached hydrogens (tertiary/aromatic N) is 1. The number of thiocarbonyl (C=S) groups is 1. The number of amides is 2. The van der Waals surface area contributed by atoms with E-state index >= 15 is 0 Å². The Kier molecular flexibility index (Phi) is 6.96. The molecule has 1 aliphatic rings. The number of phenolic OH excluding ortho intramolecular Hbond substituents is 1. The molecule has 7 nitrogen and oxygen atoms in total. The third-order valence-electron chi connectivity index (χ3n) is 4.13. The van der Waals surface area contributed by atoms with E-state index in [0.29, 0.717) is 38.6 Å². The summed E-state index contributed by atoms with van der Waals surface area (Å²) in [6, 6.07) is 11.7. The van der Waals surface area contributed by atoms with Gasteiger partial charge >= 0.3 is 0 Å². The minimum absolute atomic E-state index is 0.0248. The van der Waals surface area contributed by atoms with Crippen LogP contribution in [0.4, 0.5) is 5.69 Å². The topological polar surface area (TPSA) is 88.1 Å². The summed E-state index contributed by atoms with van der Waals surface area (Å²) >= 11 is 6.40. The predicted molar refractivity (Wildman–Crippen MR) is 121 cm³/mol. The maximum atomic E-state index is 12.7. The van der Waals surface area contributed by atoms with Gasteiger partial charge in [0, 0.05) is 5.69 Å². The number of thioether (sulfide) groups is 1. The van der Waals surface area contributed by atoms with Gasteiger partial charge in [-0.2, -0.15) is 0 Å². The van der Waals surface area contributed by atoms with E-state index in [4.69, 9.17) is 21.7 Å². The summed E-state index contributed by atoms with van der Waals surface area (Å²) in [4.78, 5) is 26.8. The number of carbonyl (C=O) groups is 2. The molecule has 0 bridgehead atoms. The van der Waals surface area contributed by atoms with Gasteiger partial charge in [-0.1, -0.05) is 30.0 Å². The lowest BCUT2D eigenvalue weighted by atomic mass is 10.2. The molecule has 1 saturated heterocycles. The van der Waals surface area contributed by atoms with Crippen LogP contribution in [0.2, 0.25) is 0 Å². The molecular formula is C21H20N2O5S2. The van der Waals surface area contributed by atoms with E-state index in [0.717, 1.165) is 11.8 Å². The number of nitrogens with one attached hydrogen (secondary N) is 1. The van der Waals surface area contributed by atoms with Gasteiger partial charge in [0.15, 0.2) is 11.5 Å². The molecule has 0 aromatic heterocycles. The molecule has 0 saturated carbocycles. The van der Waals surface area contributed by atoms with Crippen molar-refractivity contribution >= 4 is 51.9 Å². The molecule has 1 fully saturated rings. The van der Waals surface area contributed by atoms with Crippen LogP contribution in [0.1, 0.15) is 12.5 Å². The first kappa shape index (κ1) is 21.7. The maximum Gasteiger partial charge on any atom is 0.266 e. The fourth-order valence-electron chi connectivity index (χ4n) is 2.70. The number of carbonyl (C=O) groups excluding carboxylic acids is 2. The fraction of sp³-hybridized carbons (Fsp3) is 0.190. The average molecular weight is 445 g/mol. The molecule has 0 atom stereocenters. The van der Waals surface area contributed by atoms with Gasteiger partial charge in [-0.05, 0) is 55.0 Å². The lowest BCUT2D eigenvalue weighted by molar-refractivity contribution is -0.126. The number of anilines is 1. The zero-order chi connectivity index (χ0) is 21.7. The number of rotatable bonds is 7. The molecule has 0 unspecified atom stereocenters. The molecule has 2 amide bonds. The fourth-order valence-corrected chi connectivity index (χ4v) is 3.95. The lowest BCUT2D eigenvalue weighted by Gasteiger charge is -2.14. The minimum atomic E-state index is -0.360. The van der Waals surface area contributed by atoms with Crippen molar-refractivity contribution < 1.29 is 24.2 Å². The SMILES string of the molecule is CCOc1cc(/C=C2\SC(=S)N(CC(=O)Nc3ccc(OC)cc3)C2=O)ccc1O. The number of ether oxygens (including phenoxy) is 2. The Morgan fingerprint density at radius 1 is 1.27 bits per heavy atom. The smallest absolute Gasteiger partial charge is 0.266 e. The quantitative estimate of drug-likeness (QED) is 0.498. The molecule has 0 aliphatic carbocycles. The standard InChI is InChI=1S/C21H20N2O5S2/c1-3-28-17-10-13(4-9-16(17)24)11-18-20(26)23(21(29)30-18)12-19(25)22-14-5-7-15(27-2)8-6-14/h4-11,24H,3,12H2,1-2H3,(H,22,25)/b18-11-. The second-order valence-corrected chi connectivity index (χ2v) is 7.88. The Morgan fingerprint density at radius 2 is 2.00 bits per heavy atom. The summed E-state index contributed by atoms with van der Waals surface area (Å²) in [7, 11) is 1.56. The van der Waals surface area contributed by atoms with Crippen molar-refractivity contribution in [3.63, 3.8) is 0 Å². The van der Waals surface area contributed by atoms with Gasteiger partial charge in [0.05, 0.1) is 18.6 Å². The third-order valence-corrected chi connectivity index (χ3v) is 5.51. The van der Waals surface area contributed by atoms with E-state index < -0.39 is 0 Å². The van der Waals surface area contributed by atoms with Gasteiger partial charge < -0.3 is 19.9 Å². The van der Waals surface area contributed by atoms with Gasteiger partial charge in [0.2, 0.25) is 5.91 Å². The highest BCUT2D eigenvalue weighted by atomic mass is 32.2. The van der Waals surface area contributed by atoms with Crippen LogP contribution in [0.15, 0.2) is 47.4 Å². The highest BCUT2D eigenvalue weighted by Crippen LogP contribution is 2.34. The summed E-state index contributed by atoms with van der Waals surface area (Å²) in [5, 5.41) is 12.5. The van der Waals surface area contributed by atoms with Crippen LogP contribution >= 0.6 is 24.0 Å². The van der Waals surface area contributed by atoms with Crippen LogP contribution in [-0.2, 0) is 9.59 Å². The summed E-state index contributed by atoms with van der Waals surface area (Å²) in [5.41, 5.74) is 1.27. The summed E-state index contributed by atoms with van der Waals surface area (Å²) < 4.78 is 10.8. The predicted octanol–water partition coefficient (Wildman–Crippen LogP) is 3.64. The van der Waals surface area contributed by atoms with Gasteiger partial charge in [0.1, 0.15) is 16.6 Å². The Hall–Kier alpha value is -3.04. The summed E-state index contributed by atoms with van der Waals surface area (Å²) in [6.45, 7) is 2.03. The Bertz CT molecular complexity index is 1000. The van der Waals surface area contributed by atoms with E-state index in [1.54, 1.807) is 49.6 Å². The monoisotopic (exact) mass is 444 g/mol. The molecule has 30 heavy (non-hydrogen) atoms. The number of methoxy groups -OCH3 is 1. The molecule has 3 rings (SSSR count). The van der Waals surface area contributed by atoms with Crippen LogP contribution < -0.4 is 14.8 Å². The Balaban J connectivity index is 1.68. The lowest BCUT2D eigenvalue weighted by Crippen LogP contribution is -2.36. The van der Waals surface area contributed by atoms with Gasteiger partial charge in [-0.3, -0.25) is 14.5 Å². The normalized spacial score (nSPS) is 14.9. The first-order valence-electron chi connectivity index (χ1n) is 9.06. The molecule has 0 spiro atoms. The van der Waals surface area contributed by atoms with E-state index in [9.17, 15) is 14.7 Å².